The molecular formula is C32H35F4N5O5. The molecule has 0 unspecified atom stereocenters. The second kappa shape index (κ2) is 14.5. The number of aliphatic hydroxyl groups excluding tert-OH is 1. The van der Waals surface area contributed by atoms with Crippen LogP contribution in [0.25, 0.3) is 0 Å². The first-order chi connectivity index (χ1) is 21.7. The van der Waals surface area contributed by atoms with E-state index in [1.807, 2.05) is 6.92 Å². The number of ether oxygens (including phenoxy) is 1. The Labute approximate surface area is 263 Å². The summed E-state index contributed by atoms with van der Waals surface area (Å²) in [5.74, 6) is -0.703. The molecule has 0 aromatic heterocycles. The highest BCUT2D eigenvalue weighted by Gasteiger charge is 2.32. The van der Waals surface area contributed by atoms with E-state index in [-0.39, 0.29) is 43.6 Å². The molecule has 5 amide bonds. The van der Waals surface area contributed by atoms with Crippen LogP contribution in [0.5, 0.6) is 5.75 Å². The summed E-state index contributed by atoms with van der Waals surface area (Å²) in [5.41, 5.74) is 0.519. The van der Waals surface area contributed by atoms with Gasteiger partial charge < -0.3 is 35.6 Å². The quantitative estimate of drug-likeness (QED) is 0.242. The summed E-state index contributed by atoms with van der Waals surface area (Å²) in [6, 6.07) is 12.4. The van der Waals surface area contributed by atoms with Crippen LogP contribution < -0.4 is 20.7 Å². The lowest BCUT2D eigenvalue weighted by Gasteiger charge is -2.34. The summed E-state index contributed by atoms with van der Waals surface area (Å²) in [5, 5.41) is 17.7. The van der Waals surface area contributed by atoms with Crippen molar-refractivity contribution in [2.24, 2.45) is 5.92 Å². The molecule has 10 nitrogen and oxygen atoms in total. The predicted octanol–water partition coefficient (Wildman–Crippen LogP) is 5.80. The Balaban J connectivity index is 1.53. The highest BCUT2D eigenvalue weighted by atomic mass is 19.4. The Bertz CT molecular complexity index is 1540. The van der Waals surface area contributed by atoms with Gasteiger partial charge in [0.1, 0.15) is 17.7 Å². The van der Waals surface area contributed by atoms with Gasteiger partial charge in [-0.15, -0.1) is 0 Å². The number of hydrogen-bond donors (Lipinski definition) is 4. The van der Waals surface area contributed by atoms with Gasteiger partial charge in [0.15, 0.2) is 0 Å². The number of halogens is 4. The number of carbonyl (C=O) groups excluding carboxylic acids is 3. The Morgan fingerprint density at radius 1 is 1.00 bits per heavy atom. The van der Waals surface area contributed by atoms with E-state index in [1.165, 1.54) is 36.2 Å². The SMILES string of the molecule is C[C@@H]1CN([C@H](C)CO)C(=O)Cc2cc(NC(=O)Nc3ccc(F)cc3)ccc2O[C@H]1CN(C)C(=O)Nc1ccc(C(F)(F)F)cc1. The second-order valence-corrected chi connectivity index (χ2v) is 11.2. The highest BCUT2D eigenvalue weighted by molar-refractivity contribution is 6.00. The van der Waals surface area contributed by atoms with E-state index in [0.29, 0.717) is 22.7 Å². The molecular weight excluding hydrogens is 610 g/mol. The van der Waals surface area contributed by atoms with Gasteiger partial charge in [0.05, 0.1) is 31.2 Å². The zero-order chi connectivity index (χ0) is 33.6. The van der Waals surface area contributed by atoms with Crippen LogP contribution >= 0.6 is 0 Å². The molecule has 3 aromatic rings. The van der Waals surface area contributed by atoms with Crippen molar-refractivity contribution >= 4 is 35.0 Å². The van der Waals surface area contributed by atoms with E-state index in [0.717, 1.165) is 24.3 Å². The van der Waals surface area contributed by atoms with Crippen LogP contribution in [-0.2, 0) is 17.4 Å². The maximum atomic E-state index is 13.4. The van der Waals surface area contributed by atoms with Crippen molar-refractivity contribution in [3.63, 3.8) is 0 Å². The lowest BCUT2D eigenvalue weighted by Crippen LogP contribution is -2.48. The van der Waals surface area contributed by atoms with Crippen molar-refractivity contribution in [1.82, 2.24) is 9.80 Å². The first kappa shape index (κ1) is 34.0. The lowest BCUT2D eigenvalue weighted by molar-refractivity contribution is -0.137. The number of nitrogens with zero attached hydrogens (tertiary/aromatic N) is 2. The third-order valence-corrected chi connectivity index (χ3v) is 7.54. The Hall–Kier alpha value is -4.85. The van der Waals surface area contributed by atoms with Crippen molar-refractivity contribution in [2.75, 3.05) is 42.7 Å². The maximum absolute atomic E-state index is 13.4. The second-order valence-electron chi connectivity index (χ2n) is 11.2. The largest absolute Gasteiger partial charge is 0.488 e. The van der Waals surface area contributed by atoms with Crippen LogP contribution in [0.4, 0.5) is 44.2 Å². The standard InChI is InChI=1S/C32H35F4N5O5/c1-19-16-41(20(2)18-42)29(43)15-21-14-26(38-30(44)37-24-10-6-23(33)7-11-24)12-13-27(21)46-28(19)17-40(3)31(45)39-25-8-4-22(5-9-25)32(34,35)36/h4-14,19-20,28,42H,15-18H2,1-3H3,(H,39,45)(H2,37,38,44)/t19-,20-,28+/m1/s1. The molecule has 0 saturated heterocycles. The number of amides is 5. The topological polar surface area (TPSA) is 123 Å². The van der Waals surface area contributed by atoms with Gasteiger partial charge in [-0.2, -0.15) is 13.2 Å². The van der Waals surface area contributed by atoms with Crippen molar-refractivity contribution in [3.8, 4) is 5.75 Å². The number of carbonyl (C=O) groups is 3. The van der Waals surface area contributed by atoms with E-state index in [4.69, 9.17) is 4.74 Å². The van der Waals surface area contributed by atoms with Crippen LogP contribution in [0.3, 0.4) is 0 Å². The molecule has 1 heterocycles. The van der Waals surface area contributed by atoms with E-state index < -0.39 is 41.8 Å². The molecule has 0 radical (unpaired) electrons. The first-order valence-electron chi connectivity index (χ1n) is 14.5. The van der Waals surface area contributed by atoms with Gasteiger partial charge in [-0.05, 0) is 73.7 Å². The fourth-order valence-corrected chi connectivity index (χ4v) is 4.87. The van der Waals surface area contributed by atoms with Gasteiger partial charge in [0, 0.05) is 42.1 Å². The summed E-state index contributed by atoms with van der Waals surface area (Å²) < 4.78 is 58.3. The molecule has 246 valence electrons. The zero-order valence-electron chi connectivity index (χ0n) is 25.4. The van der Waals surface area contributed by atoms with Crippen molar-refractivity contribution in [1.29, 1.82) is 0 Å². The average molecular weight is 646 g/mol. The molecule has 46 heavy (non-hydrogen) atoms. The third kappa shape index (κ3) is 8.87. The molecule has 3 aromatic carbocycles. The van der Waals surface area contributed by atoms with Crippen LogP contribution in [0, 0.1) is 11.7 Å². The van der Waals surface area contributed by atoms with Gasteiger partial charge >= 0.3 is 18.2 Å². The fraction of sp³-hybridized carbons (Fsp3) is 0.344. The number of likely N-dealkylation sites (N-methyl/N-ethyl adjacent to an activating group) is 1. The molecule has 4 N–H and O–H groups in total. The number of rotatable bonds is 7. The molecule has 0 aliphatic carbocycles. The zero-order valence-corrected chi connectivity index (χ0v) is 25.4. The van der Waals surface area contributed by atoms with E-state index in [1.54, 1.807) is 30.0 Å². The van der Waals surface area contributed by atoms with Crippen molar-refractivity contribution < 1.29 is 41.8 Å². The molecule has 0 fully saturated rings. The van der Waals surface area contributed by atoms with E-state index >= 15 is 0 Å². The van der Waals surface area contributed by atoms with Crippen LogP contribution in [0.15, 0.2) is 66.7 Å². The average Bonchev–Trinajstić information content (AvgIpc) is 3.05. The molecule has 14 heteroatoms. The predicted molar refractivity (Wildman–Crippen MR) is 164 cm³/mol. The van der Waals surface area contributed by atoms with E-state index in [2.05, 4.69) is 16.0 Å². The molecule has 1 aliphatic rings. The smallest absolute Gasteiger partial charge is 0.416 e. The molecule has 1 aliphatic heterocycles. The minimum Gasteiger partial charge on any atom is -0.488 e. The Morgan fingerprint density at radius 2 is 1.59 bits per heavy atom. The van der Waals surface area contributed by atoms with Crippen LogP contribution in [-0.4, -0.2) is 71.8 Å². The lowest BCUT2D eigenvalue weighted by atomic mass is 10.0. The number of anilines is 3. The summed E-state index contributed by atoms with van der Waals surface area (Å²) in [4.78, 5) is 41.9. The van der Waals surface area contributed by atoms with Crippen molar-refractivity contribution in [2.45, 2.75) is 38.6 Å². The number of urea groups is 2. The van der Waals surface area contributed by atoms with Crippen molar-refractivity contribution in [3.05, 3.63) is 83.7 Å². The number of hydrogen-bond acceptors (Lipinski definition) is 5. The third-order valence-electron chi connectivity index (χ3n) is 7.54. The number of nitrogens with one attached hydrogen (secondary N) is 3. The number of benzene rings is 3. The number of fused-ring (bicyclic) bond motifs is 1. The monoisotopic (exact) mass is 645 g/mol. The van der Waals surface area contributed by atoms with E-state index in [9.17, 15) is 37.1 Å². The maximum Gasteiger partial charge on any atom is 0.416 e. The number of alkyl halides is 3. The summed E-state index contributed by atoms with van der Waals surface area (Å²) in [7, 11) is 1.51. The molecule has 0 saturated carbocycles. The number of aliphatic hydroxyl groups is 1. The summed E-state index contributed by atoms with van der Waals surface area (Å²) >= 11 is 0. The highest BCUT2D eigenvalue weighted by Crippen LogP contribution is 2.31. The fourth-order valence-electron chi connectivity index (χ4n) is 4.87. The van der Waals surface area contributed by atoms with Gasteiger partial charge in [0.2, 0.25) is 5.91 Å². The van der Waals surface area contributed by atoms with Crippen LogP contribution in [0.1, 0.15) is 25.0 Å². The Morgan fingerprint density at radius 3 is 2.22 bits per heavy atom. The van der Waals surface area contributed by atoms with Gasteiger partial charge in [0.25, 0.3) is 0 Å². The van der Waals surface area contributed by atoms with Gasteiger partial charge in [-0.3, -0.25) is 4.79 Å². The minimum absolute atomic E-state index is 0.0443. The summed E-state index contributed by atoms with van der Waals surface area (Å²) in [6.45, 7) is 3.52. The minimum atomic E-state index is -4.50. The molecule has 4 rings (SSSR count). The molecule has 0 bridgehead atoms. The normalized spacial score (nSPS) is 17.4. The van der Waals surface area contributed by atoms with Gasteiger partial charge in [-0.1, -0.05) is 6.92 Å². The molecule has 3 atom stereocenters. The Kier molecular flexibility index (Phi) is 10.7. The molecule has 0 spiro atoms. The first-order valence-corrected chi connectivity index (χ1v) is 14.5. The van der Waals surface area contributed by atoms with Crippen LogP contribution in [0.2, 0.25) is 0 Å². The summed E-state index contributed by atoms with van der Waals surface area (Å²) in [6.07, 6.45) is -5.25. The van der Waals surface area contributed by atoms with Gasteiger partial charge in [-0.25, -0.2) is 14.0 Å².